The fourth-order valence-electron chi connectivity index (χ4n) is 1.89. The Morgan fingerprint density at radius 2 is 1.57 bits per heavy atom. The van der Waals surface area contributed by atoms with Crippen molar-refractivity contribution in [1.82, 2.24) is 0 Å². The van der Waals surface area contributed by atoms with Crippen molar-refractivity contribution in [3.8, 4) is 0 Å². The van der Waals surface area contributed by atoms with Gasteiger partial charge in [-0.15, -0.1) is 0 Å². The molecule has 2 amide bonds. The van der Waals surface area contributed by atoms with Gasteiger partial charge in [0.2, 0.25) is 11.8 Å². The van der Waals surface area contributed by atoms with Crippen molar-refractivity contribution < 1.29 is 14.4 Å². The summed E-state index contributed by atoms with van der Waals surface area (Å²) in [6.45, 7) is 9.78. The van der Waals surface area contributed by atoms with Gasteiger partial charge in [-0.2, -0.15) is 0 Å². The normalized spacial score (nSPS) is 13.1. The van der Waals surface area contributed by atoms with Crippen LogP contribution in [0.1, 0.15) is 64.2 Å². The maximum Gasteiger partial charge on any atom is 0.234 e. The third kappa shape index (κ3) is 4.81. The zero-order chi connectivity index (χ0) is 16.4. The zero-order valence-corrected chi connectivity index (χ0v) is 13.6. The Morgan fingerprint density at radius 3 is 2.05 bits per heavy atom. The van der Waals surface area contributed by atoms with Crippen LogP contribution in [0.25, 0.3) is 0 Å². The predicted octanol–water partition coefficient (Wildman–Crippen LogP) is 3.99. The molecule has 1 saturated heterocycles. The smallest absolute Gasteiger partial charge is 0.234 e. The third-order valence-corrected chi connectivity index (χ3v) is 2.80. The standard InChI is InChI=1S/C13H13NO3.2C2H6/c1-2-11(15)9-4-3-5-10(8-9)14-12(16)6-7-13(14)17;2*1-2/h3-5,8H,2,6-7H2,1H3;2*1-2H3. The molecule has 2 rings (SSSR count). The molecule has 0 saturated carbocycles. The summed E-state index contributed by atoms with van der Waals surface area (Å²) in [5, 5.41) is 0. The van der Waals surface area contributed by atoms with Gasteiger partial charge >= 0.3 is 0 Å². The van der Waals surface area contributed by atoms with Crippen molar-refractivity contribution >= 4 is 23.3 Å². The average Bonchev–Trinajstić information content (AvgIpc) is 2.89. The number of benzene rings is 1. The first-order valence-corrected chi connectivity index (χ1v) is 7.62. The van der Waals surface area contributed by atoms with E-state index >= 15 is 0 Å². The van der Waals surface area contributed by atoms with Crippen LogP contribution >= 0.6 is 0 Å². The molecule has 1 aromatic rings. The lowest BCUT2D eigenvalue weighted by Crippen LogP contribution is -2.28. The Morgan fingerprint density at radius 1 is 1.05 bits per heavy atom. The highest BCUT2D eigenvalue weighted by atomic mass is 16.2. The van der Waals surface area contributed by atoms with Crippen molar-refractivity contribution in [2.45, 2.75) is 53.9 Å². The minimum Gasteiger partial charge on any atom is -0.294 e. The maximum absolute atomic E-state index is 11.6. The molecule has 0 atom stereocenters. The number of anilines is 1. The minimum absolute atomic E-state index is 0.00550. The molecular weight excluding hydrogens is 266 g/mol. The molecule has 0 aliphatic carbocycles. The van der Waals surface area contributed by atoms with Crippen molar-refractivity contribution in [2.24, 2.45) is 0 Å². The van der Waals surface area contributed by atoms with E-state index in [-0.39, 0.29) is 30.4 Å². The van der Waals surface area contributed by atoms with Crippen LogP contribution in [0.5, 0.6) is 0 Å². The van der Waals surface area contributed by atoms with E-state index in [0.717, 1.165) is 4.90 Å². The highest BCUT2D eigenvalue weighted by Crippen LogP contribution is 2.23. The van der Waals surface area contributed by atoms with Crippen LogP contribution in [-0.4, -0.2) is 17.6 Å². The number of hydrogen-bond acceptors (Lipinski definition) is 3. The first-order chi connectivity index (χ1) is 10.1. The molecule has 0 aromatic heterocycles. The molecule has 1 aliphatic rings. The van der Waals surface area contributed by atoms with E-state index < -0.39 is 0 Å². The Hall–Kier alpha value is -1.97. The Bertz CT molecular complexity index is 479. The maximum atomic E-state index is 11.6. The second-order valence-corrected chi connectivity index (χ2v) is 3.95. The molecule has 0 radical (unpaired) electrons. The van der Waals surface area contributed by atoms with Crippen LogP contribution in [0.2, 0.25) is 0 Å². The molecule has 116 valence electrons. The molecule has 4 nitrogen and oxygen atoms in total. The number of imide groups is 1. The van der Waals surface area contributed by atoms with E-state index in [4.69, 9.17) is 0 Å². The van der Waals surface area contributed by atoms with Gasteiger partial charge in [-0.1, -0.05) is 46.8 Å². The molecule has 1 aromatic carbocycles. The van der Waals surface area contributed by atoms with Gasteiger partial charge in [0.05, 0.1) is 5.69 Å². The lowest BCUT2D eigenvalue weighted by Gasteiger charge is -2.14. The fraction of sp³-hybridized carbons (Fsp3) is 0.471. The molecule has 21 heavy (non-hydrogen) atoms. The Kier molecular flexibility index (Phi) is 8.93. The van der Waals surface area contributed by atoms with Crippen LogP contribution in [0.3, 0.4) is 0 Å². The number of nitrogens with zero attached hydrogens (tertiary/aromatic N) is 1. The monoisotopic (exact) mass is 291 g/mol. The summed E-state index contributed by atoms with van der Waals surface area (Å²) < 4.78 is 0. The molecule has 1 aliphatic heterocycles. The van der Waals surface area contributed by atoms with Crippen LogP contribution < -0.4 is 4.90 Å². The first kappa shape index (κ1) is 19.0. The van der Waals surface area contributed by atoms with Gasteiger partial charge in [0.25, 0.3) is 0 Å². The lowest BCUT2D eigenvalue weighted by molar-refractivity contribution is -0.121. The summed E-state index contributed by atoms with van der Waals surface area (Å²) in [6, 6.07) is 6.66. The van der Waals surface area contributed by atoms with E-state index in [2.05, 4.69) is 0 Å². The lowest BCUT2D eigenvalue weighted by atomic mass is 10.1. The number of rotatable bonds is 3. The van der Waals surface area contributed by atoms with Crippen molar-refractivity contribution in [2.75, 3.05) is 4.90 Å². The quantitative estimate of drug-likeness (QED) is 0.625. The highest BCUT2D eigenvalue weighted by Gasteiger charge is 2.30. The van der Waals surface area contributed by atoms with Crippen molar-refractivity contribution in [1.29, 1.82) is 0 Å². The Labute approximate surface area is 127 Å². The number of Topliss-reactive ketones (excluding diaryl/α,β-unsaturated/α-hetero) is 1. The summed E-state index contributed by atoms with van der Waals surface area (Å²) in [5.74, 6) is -0.391. The van der Waals surface area contributed by atoms with Gasteiger partial charge in [0, 0.05) is 24.8 Å². The van der Waals surface area contributed by atoms with Crippen LogP contribution in [-0.2, 0) is 9.59 Å². The largest absolute Gasteiger partial charge is 0.294 e. The second-order valence-electron chi connectivity index (χ2n) is 3.95. The number of ketones is 1. The average molecular weight is 291 g/mol. The number of amides is 2. The highest BCUT2D eigenvalue weighted by molar-refractivity contribution is 6.20. The summed E-state index contributed by atoms with van der Waals surface area (Å²) in [6.07, 6.45) is 0.918. The number of carbonyl (C=O) groups excluding carboxylic acids is 3. The predicted molar refractivity (Wildman–Crippen MR) is 85.5 cm³/mol. The van der Waals surface area contributed by atoms with Gasteiger partial charge in [-0.3, -0.25) is 19.3 Å². The van der Waals surface area contributed by atoms with E-state index in [1.165, 1.54) is 0 Å². The van der Waals surface area contributed by atoms with Crippen LogP contribution in [0.4, 0.5) is 5.69 Å². The molecule has 0 unspecified atom stereocenters. The molecular formula is C17H25NO3. The van der Waals surface area contributed by atoms with Crippen molar-refractivity contribution in [3.63, 3.8) is 0 Å². The summed E-state index contributed by atoms with van der Waals surface area (Å²) in [4.78, 5) is 35.8. The van der Waals surface area contributed by atoms with Gasteiger partial charge in [0.1, 0.15) is 0 Å². The zero-order valence-electron chi connectivity index (χ0n) is 13.6. The molecule has 1 heterocycles. The second kappa shape index (κ2) is 9.86. The van der Waals surface area contributed by atoms with Crippen molar-refractivity contribution in [3.05, 3.63) is 29.8 Å². The van der Waals surface area contributed by atoms with Crippen LogP contribution in [0, 0.1) is 0 Å². The third-order valence-electron chi connectivity index (χ3n) is 2.80. The molecule has 0 spiro atoms. The number of hydrogen-bond donors (Lipinski definition) is 0. The first-order valence-electron chi connectivity index (χ1n) is 7.62. The summed E-state index contributed by atoms with van der Waals surface area (Å²) in [7, 11) is 0. The molecule has 0 bridgehead atoms. The summed E-state index contributed by atoms with van der Waals surface area (Å²) in [5.41, 5.74) is 1.04. The summed E-state index contributed by atoms with van der Waals surface area (Å²) >= 11 is 0. The minimum atomic E-state index is -0.198. The fourth-order valence-corrected chi connectivity index (χ4v) is 1.89. The SMILES string of the molecule is CC.CC.CCC(=O)c1cccc(N2C(=O)CCC2=O)c1. The van der Waals surface area contributed by atoms with E-state index in [1.54, 1.807) is 31.2 Å². The topological polar surface area (TPSA) is 54.5 Å². The van der Waals surface area contributed by atoms with E-state index in [9.17, 15) is 14.4 Å². The van der Waals surface area contributed by atoms with E-state index in [0.29, 0.717) is 17.7 Å². The van der Waals surface area contributed by atoms with E-state index in [1.807, 2.05) is 27.7 Å². The van der Waals surface area contributed by atoms with Crippen LogP contribution in [0.15, 0.2) is 24.3 Å². The molecule has 4 heteroatoms. The van der Waals surface area contributed by atoms with Gasteiger partial charge in [0.15, 0.2) is 5.78 Å². The Balaban J connectivity index is 0.000000921. The molecule has 0 N–H and O–H groups in total. The van der Waals surface area contributed by atoms with Gasteiger partial charge in [-0.05, 0) is 12.1 Å². The van der Waals surface area contributed by atoms with Gasteiger partial charge in [-0.25, -0.2) is 0 Å². The number of carbonyl (C=O) groups is 3. The van der Waals surface area contributed by atoms with Gasteiger partial charge < -0.3 is 0 Å². The molecule has 1 fully saturated rings.